The minimum atomic E-state index is 0.132. The van der Waals surface area contributed by atoms with Crippen LogP contribution >= 0.6 is 0 Å². The molecule has 2 aliphatic rings. The van der Waals surface area contributed by atoms with Crippen molar-refractivity contribution in [2.75, 3.05) is 24.5 Å². The molecule has 1 aromatic carbocycles. The first-order valence-corrected chi connectivity index (χ1v) is 7.90. The Bertz CT molecular complexity index is 474. The van der Waals surface area contributed by atoms with Gasteiger partial charge in [0, 0.05) is 30.9 Å². The lowest BCUT2D eigenvalue weighted by atomic mass is 9.96. The quantitative estimate of drug-likeness (QED) is 0.898. The molecule has 3 rings (SSSR count). The van der Waals surface area contributed by atoms with Crippen LogP contribution in [0.2, 0.25) is 0 Å². The van der Waals surface area contributed by atoms with E-state index in [1.165, 1.54) is 43.6 Å². The van der Waals surface area contributed by atoms with Gasteiger partial charge < -0.3 is 10.0 Å². The smallest absolute Gasteiger partial charge is 0.0681 e. The van der Waals surface area contributed by atoms with Gasteiger partial charge in [0.15, 0.2) is 0 Å². The third-order valence-corrected chi connectivity index (χ3v) is 4.94. The summed E-state index contributed by atoms with van der Waals surface area (Å²) in [6, 6.07) is 7.67. The van der Waals surface area contributed by atoms with Gasteiger partial charge in [-0.15, -0.1) is 0 Å². The van der Waals surface area contributed by atoms with E-state index in [2.05, 4.69) is 41.8 Å². The van der Waals surface area contributed by atoms with Gasteiger partial charge in [-0.25, -0.2) is 0 Å². The number of aliphatic hydroxyl groups is 1. The molecule has 20 heavy (non-hydrogen) atoms. The lowest BCUT2D eigenvalue weighted by Crippen LogP contribution is -2.59. The van der Waals surface area contributed by atoms with E-state index in [4.69, 9.17) is 0 Å². The normalized spacial score (nSPS) is 27.4. The summed E-state index contributed by atoms with van der Waals surface area (Å²) in [5.41, 5.74) is 3.64. The van der Waals surface area contributed by atoms with Crippen molar-refractivity contribution in [3.63, 3.8) is 0 Å². The van der Waals surface area contributed by atoms with E-state index in [0.29, 0.717) is 6.04 Å². The number of fused-ring (bicyclic) bond motifs is 1. The Kier molecular flexibility index (Phi) is 3.99. The minimum Gasteiger partial charge on any atom is -0.392 e. The molecule has 3 heteroatoms. The molecule has 0 bridgehead atoms. The number of nitrogens with zero attached hydrogens (tertiary/aromatic N) is 2. The Balaban J connectivity index is 1.82. The number of piperidine rings is 1. The van der Waals surface area contributed by atoms with Crippen LogP contribution in [-0.2, 0) is 6.61 Å². The summed E-state index contributed by atoms with van der Waals surface area (Å²) in [4.78, 5) is 5.26. The molecular formula is C17H26N2O. The average molecular weight is 274 g/mol. The van der Waals surface area contributed by atoms with Gasteiger partial charge in [-0.05, 0) is 50.4 Å². The Hall–Kier alpha value is -1.06. The fourth-order valence-electron chi connectivity index (χ4n) is 3.83. The Labute approximate surface area is 122 Å². The Morgan fingerprint density at radius 2 is 2.10 bits per heavy atom. The number of piperazine rings is 1. The van der Waals surface area contributed by atoms with Crippen LogP contribution in [0.25, 0.3) is 0 Å². The summed E-state index contributed by atoms with van der Waals surface area (Å²) in [7, 11) is 0. The van der Waals surface area contributed by atoms with Gasteiger partial charge in [-0.3, -0.25) is 4.90 Å². The van der Waals surface area contributed by atoms with Gasteiger partial charge in [0.1, 0.15) is 0 Å². The van der Waals surface area contributed by atoms with E-state index in [0.717, 1.165) is 18.2 Å². The maximum Gasteiger partial charge on any atom is 0.0681 e. The van der Waals surface area contributed by atoms with E-state index < -0.39 is 0 Å². The van der Waals surface area contributed by atoms with Gasteiger partial charge >= 0.3 is 0 Å². The van der Waals surface area contributed by atoms with Crippen molar-refractivity contribution in [3.05, 3.63) is 29.3 Å². The highest BCUT2D eigenvalue weighted by molar-refractivity contribution is 5.55. The highest BCUT2D eigenvalue weighted by Gasteiger charge is 2.33. The number of hydrogen-bond acceptors (Lipinski definition) is 3. The molecule has 0 amide bonds. The number of rotatable bonds is 2. The molecular weight excluding hydrogens is 248 g/mol. The molecule has 3 nitrogen and oxygen atoms in total. The first-order valence-electron chi connectivity index (χ1n) is 7.90. The van der Waals surface area contributed by atoms with Crippen LogP contribution in [0, 0.1) is 6.92 Å². The number of aliphatic hydroxyl groups excluding tert-OH is 1. The summed E-state index contributed by atoms with van der Waals surface area (Å²) in [6.45, 7) is 8.25. The van der Waals surface area contributed by atoms with Gasteiger partial charge in [0.05, 0.1) is 6.61 Å². The monoisotopic (exact) mass is 274 g/mol. The van der Waals surface area contributed by atoms with Gasteiger partial charge in [-0.1, -0.05) is 18.6 Å². The maximum atomic E-state index is 9.25. The van der Waals surface area contributed by atoms with E-state index >= 15 is 0 Å². The fourth-order valence-corrected chi connectivity index (χ4v) is 3.83. The number of hydrogen-bond donors (Lipinski definition) is 1. The van der Waals surface area contributed by atoms with Gasteiger partial charge in [0.25, 0.3) is 0 Å². The van der Waals surface area contributed by atoms with Crippen molar-refractivity contribution in [1.29, 1.82) is 0 Å². The number of aryl methyl sites for hydroxylation is 1. The molecule has 2 atom stereocenters. The van der Waals surface area contributed by atoms with Crippen LogP contribution < -0.4 is 4.90 Å². The molecule has 0 aromatic heterocycles. The lowest BCUT2D eigenvalue weighted by molar-refractivity contribution is 0.115. The highest BCUT2D eigenvalue weighted by atomic mass is 16.3. The molecule has 1 aromatic rings. The van der Waals surface area contributed by atoms with Crippen LogP contribution in [0.15, 0.2) is 18.2 Å². The van der Waals surface area contributed by atoms with Crippen LogP contribution in [-0.4, -0.2) is 41.7 Å². The van der Waals surface area contributed by atoms with Crippen LogP contribution in [0.3, 0.4) is 0 Å². The van der Waals surface area contributed by atoms with Crippen molar-refractivity contribution >= 4 is 5.69 Å². The molecule has 2 fully saturated rings. The molecule has 110 valence electrons. The third kappa shape index (κ3) is 2.57. The summed E-state index contributed by atoms with van der Waals surface area (Å²) in [5.74, 6) is 0. The van der Waals surface area contributed by atoms with Gasteiger partial charge in [-0.2, -0.15) is 0 Å². The number of anilines is 1. The topological polar surface area (TPSA) is 26.7 Å². The number of benzene rings is 1. The standard InChI is InChI=1S/C17H26N2O/c1-13-9-15(12-20)6-7-17(13)19-11-16-5-3-4-8-18(16)10-14(19)2/h6-7,9,14,16,20H,3-5,8,10-12H2,1-2H3. The van der Waals surface area contributed by atoms with Crippen molar-refractivity contribution in [3.8, 4) is 0 Å². The zero-order valence-corrected chi connectivity index (χ0v) is 12.7. The Morgan fingerprint density at radius 3 is 2.85 bits per heavy atom. The molecule has 2 unspecified atom stereocenters. The molecule has 2 saturated heterocycles. The molecule has 0 spiro atoms. The van der Waals surface area contributed by atoms with E-state index in [1.807, 2.05) is 0 Å². The highest BCUT2D eigenvalue weighted by Crippen LogP contribution is 2.30. The summed E-state index contributed by atoms with van der Waals surface area (Å²) in [5, 5.41) is 9.25. The second kappa shape index (κ2) is 5.74. The van der Waals surface area contributed by atoms with Crippen molar-refractivity contribution < 1.29 is 5.11 Å². The molecule has 1 N–H and O–H groups in total. The zero-order valence-electron chi connectivity index (χ0n) is 12.7. The maximum absolute atomic E-state index is 9.25. The largest absolute Gasteiger partial charge is 0.392 e. The molecule has 2 aliphatic heterocycles. The molecule has 0 radical (unpaired) electrons. The summed E-state index contributed by atoms with van der Waals surface area (Å²) in [6.07, 6.45) is 4.09. The first-order chi connectivity index (χ1) is 9.69. The van der Waals surface area contributed by atoms with Crippen molar-refractivity contribution in [2.45, 2.75) is 51.8 Å². The van der Waals surface area contributed by atoms with Crippen molar-refractivity contribution in [2.24, 2.45) is 0 Å². The molecule has 2 heterocycles. The first kappa shape index (κ1) is 13.9. The van der Waals surface area contributed by atoms with Crippen LogP contribution in [0.5, 0.6) is 0 Å². The SMILES string of the molecule is Cc1cc(CO)ccc1N1CC2CCCCN2CC1C. The third-order valence-electron chi connectivity index (χ3n) is 4.94. The van der Waals surface area contributed by atoms with E-state index in [9.17, 15) is 5.11 Å². The molecule has 0 saturated carbocycles. The van der Waals surface area contributed by atoms with E-state index in [1.54, 1.807) is 0 Å². The predicted octanol–water partition coefficient (Wildman–Crippen LogP) is 2.55. The second-order valence-electron chi connectivity index (χ2n) is 6.42. The van der Waals surface area contributed by atoms with Crippen molar-refractivity contribution in [1.82, 2.24) is 4.90 Å². The fraction of sp³-hybridized carbons (Fsp3) is 0.647. The Morgan fingerprint density at radius 1 is 1.25 bits per heavy atom. The average Bonchev–Trinajstić information content (AvgIpc) is 2.46. The van der Waals surface area contributed by atoms with E-state index in [-0.39, 0.29) is 6.61 Å². The lowest BCUT2D eigenvalue weighted by Gasteiger charge is -2.48. The summed E-state index contributed by atoms with van der Waals surface area (Å²) < 4.78 is 0. The predicted molar refractivity (Wildman–Crippen MR) is 83.1 cm³/mol. The summed E-state index contributed by atoms with van der Waals surface area (Å²) >= 11 is 0. The minimum absolute atomic E-state index is 0.132. The van der Waals surface area contributed by atoms with Gasteiger partial charge in [0.2, 0.25) is 0 Å². The van der Waals surface area contributed by atoms with Crippen LogP contribution in [0.4, 0.5) is 5.69 Å². The second-order valence-corrected chi connectivity index (χ2v) is 6.42. The molecule has 0 aliphatic carbocycles. The van der Waals surface area contributed by atoms with Crippen LogP contribution in [0.1, 0.15) is 37.3 Å². The zero-order chi connectivity index (χ0) is 14.1.